The highest BCUT2D eigenvalue weighted by atomic mass is 32.1. The molecule has 0 radical (unpaired) electrons. The summed E-state index contributed by atoms with van der Waals surface area (Å²) in [6, 6.07) is 4.02. The van der Waals surface area contributed by atoms with Crippen molar-refractivity contribution in [1.82, 2.24) is 5.32 Å². The fourth-order valence-electron chi connectivity index (χ4n) is 2.44. The van der Waals surface area contributed by atoms with Crippen molar-refractivity contribution in [2.24, 2.45) is 5.92 Å². The van der Waals surface area contributed by atoms with Crippen LogP contribution >= 0.6 is 12.2 Å². The third kappa shape index (κ3) is 3.86. The van der Waals surface area contributed by atoms with Gasteiger partial charge in [0, 0.05) is 17.8 Å². The summed E-state index contributed by atoms with van der Waals surface area (Å²) in [5.41, 5.74) is 0.458. The van der Waals surface area contributed by atoms with E-state index in [2.05, 4.69) is 17.6 Å². The molecule has 1 aromatic rings. The highest BCUT2D eigenvalue weighted by molar-refractivity contribution is 7.80. The summed E-state index contributed by atoms with van der Waals surface area (Å²) in [4.78, 5) is 0. The van der Waals surface area contributed by atoms with E-state index in [1.165, 1.54) is 25.3 Å². The second-order valence-corrected chi connectivity index (χ2v) is 5.50. The molecule has 1 aromatic carbocycles. The summed E-state index contributed by atoms with van der Waals surface area (Å²) < 4.78 is 25.9. The molecule has 1 fully saturated rings. The Hall–Kier alpha value is -1.23. The van der Waals surface area contributed by atoms with Crippen LogP contribution in [0, 0.1) is 17.6 Å². The molecule has 2 rings (SSSR count). The fourth-order valence-corrected chi connectivity index (χ4v) is 2.71. The minimum Gasteiger partial charge on any atom is -0.359 e. The summed E-state index contributed by atoms with van der Waals surface area (Å²) in [6.07, 6.45) is 4.77. The van der Waals surface area contributed by atoms with Gasteiger partial charge in [-0.2, -0.15) is 0 Å². The first-order valence-corrected chi connectivity index (χ1v) is 6.99. The normalized spacial score (nSPS) is 22.9. The van der Waals surface area contributed by atoms with Crippen LogP contribution in [0.1, 0.15) is 32.6 Å². The van der Waals surface area contributed by atoms with Crippen LogP contribution in [0.2, 0.25) is 0 Å². The Labute approximate surface area is 117 Å². The lowest BCUT2D eigenvalue weighted by molar-refractivity contribution is 0.309. The third-order valence-corrected chi connectivity index (χ3v) is 3.83. The monoisotopic (exact) mass is 284 g/mol. The molecule has 0 bridgehead atoms. The first-order chi connectivity index (χ1) is 9.06. The predicted octanol–water partition coefficient (Wildman–Crippen LogP) is 3.83. The van der Waals surface area contributed by atoms with Crippen molar-refractivity contribution in [1.29, 1.82) is 0 Å². The van der Waals surface area contributed by atoms with Gasteiger partial charge in [0.2, 0.25) is 0 Å². The molecule has 0 spiro atoms. The molecule has 0 amide bonds. The average molecular weight is 284 g/mol. The SMILES string of the molecule is C[C@H]1CCCC[C@H]1NC(=S)Nc1ccc(F)c(F)c1. The van der Waals surface area contributed by atoms with Crippen LogP contribution in [0.3, 0.4) is 0 Å². The molecule has 0 saturated heterocycles. The van der Waals surface area contributed by atoms with E-state index in [0.717, 1.165) is 18.6 Å². The summed E-state index contributed by atoms with van der Waals surface area (Å²) in [5, 5.41) is 6.61. The maximum Gasteiger partial charge on any atom is 0.171 e. The van der Waals surface area contributed by atoms with Gasteiger partial charge in [0.05, 0.1) is 0 Å². The van der Waals surface area contributed by atoms with Gasteiger partial charge >= 0.3 is 0 Å². The van der Waals surface area contributed by atoms with E-state index in [4.69, 9.17) is 12.2 Å². The molecule has 2 nitrogen and oxygen atoms in total. The van der Waals surface area contributed by atoms with Crippen LogP contribution in [-0.4, -0.2) is 11.2 Å². The minimum atomic E-state index is -0.876. The second-order valence-electron chi connectivity index (χ2n) is 5.10. The largest absolute Gasteiger partial charge is 0.359 e. The average Bonchev–Trinajstić information content (AvgIpc) is 2.37. The number of thiocarbonyl (C=S) groups is 1. The summed E-state index contributed by atoms with van der Waals surface area (Å²) in [7, 11) is 0. The van der Waals surface area contributed by atoms with Crippen LogP contribution in [0.4, 0.5) is 14.5 Å². The van der Waals surface area contributed by atoms with Gasteiger partial charge in [0.25, 0.3) is 0 Å². The van der Waals surface area contributed by atoms with E-state index >= 15 is 0 Å². The summed E-state index contributed by atoms with van der Waals surface area (Å²) in [6.45, 7) is 2.21. The maximum atomic E-state index is 13.1. The van der Waals surface area contributed by atoms with Crippen molar-refractivity contribution in [2.45, 2.75) is 38.6 Å². The Morgan fingerprint density at radius 3 is 2.63 bits per heavy atom. The zero-order valence-corrected chi connectivity index (χ0v) is 11.7. The minimum absolute atomic E-state index is 0.360. The van der Waals surface area contributed by atoms with Crippen molar-refractivity contribution >= 4 is 23.0 Å². The highest BCUT2D eigenvalue weighted by Gasteiger charge is 2.21. The molecule has 0 unspecified atom stereocenters. The van der Waals surface area contributed by atoms with Crippen LogP contribution in [0.5, 0.6) is 0 Å². The van der Waals surface area contributed by atoms with E-state index in [1.54, 1.807) is 0 Å². The number of hydrogen-bond acceptors (Lipinski definition) is 1. The standard InChI is InChI=1S/C14H18F2N2S/c1-9-4-2-3-5-13(9)18-14(19)17-10-6-7-11(15)12(16)8-10/h6-9,13H,2-5H2,1H3,(H2,17,18,19)/t9-,13+/m0/s1. The number of anilines is 1. The number of nitrogens with one attached hydrogen (secondary N) is 2. The molecule has 1 saturated carbocycles. The molecule has 1 aliphatic carbocycles. The molecular formula is C14H18F2N2S. The van der Waals surface area contributed by atoms with E-state index < -0.39 is 11.6 Å². The number of benzene rings is 1. The highest BCUT2D eigenvalue weighted by Crippen LogP contribution is 2.23. The Kier molecular flexibility index (Phi) is 4.69. The Bertz CT molecular complexity index is 465. The van der Waals surface area contributed by atoms with Gasteiger partial charge in [-0.25, -0.2) is 8.78 Å². The fraction of sp³-hybridized carbons (Fsp3) is 0.500. The number of hydrogen-bond donors (Lipinski definition) is 2. The van der Waals surface area contributed by atoms with E-state index in [1.807, 2.05) is 0 Å². The zero-order chi connectivity index (χ0) is 13.8. The molecule has 0 aliphatic heterocycles. The first kappa shape index (κ1) is 14.2. The molecule has 1 aliphatic rings. The number of rotatable bonds is 2. The van der Waals surface area contributed by atoms with Gasteiger partial charge in [-0.3, -0.25) is 0 Å². The lowest BCUT2D eigenvalue weighted by Crippen LogP contribution is -2.43. The van der Waals surface area contributed by atoms with Crippen molar-refractivity contribution in [3.8, 4) is 0 Å². The van der Waals surface area contributed by atoms with Gasteiger partial charge in [-0.05, 0) is 43.1 Å². The van der Waals surface area contributed by atoms with Crippen LogP contribution < -0.4 is 10.6 Å². The topological polar surface area (TPSA) is 24.1 Å². The van der Waals surface area contributed by atoms with Gasteiger partial charge in [0.15, 0.2) is 16.7 Å². The predicted molar refractivity (Wildman–Crippen MR) is 77.1 cm³/mol. The van der Waals surface area contributed by atoms with Crippen molar-refractivity contribution in [2.75, 3.05) is 5.32 Å². The third-order valence-electron chi connectivity index (χ3n) is 3.61. The summed E-state index contributed by atoms with van der Waals surface area (Å²) in [5.74, 6) is -1.15. The molecule has 0 heterocycles. The van der Waals surface area contributed by atoms with Crippen LogP contribution in [0.25, 0.3) is 0 Å². The Morgan fingerprint density at radius 1 is 1.21 bits per heavy atom. The molecule has 0 aromatic heterocycles. The Balaban J connectivity index is 1.91. The molecule has 2 N–H and O–H groups in total. The van der Waals surface area contributed by atoms with Gasteiger partial charge < -0.3 is 10.6 Å². The van der Waals surface area contributed by atoms with Gasteiger partial charge in [-0.1, -0.05) is 19.8 Å². The maximum absolute atomic E-state index is 13.1. The van der Waals surface area contributed by atoms with Gasteiger partial charge in [0.1, 0.15) is 0 Å². The van der Waals surface area contributed by atoms with Crippen molar-refractivity contribution in [3.05, 3.63) is 29.8 Å². The number of halogens is 2. The Morgan fingerprint density at radius 2 is 1.95 bits per heavy atom. The van der Waals surface area contributed by atoms with Crippen molar-refractivity contribution in [3.63, 3.8) is 0 Å². The second kappa shape index (κ2) is 6.28. The zero-order valence-electron chi connectivity index (χ0n) is 10.9. The van der Waals surface area contributed by atoms with Crippen LogP contribution in [-0.2, 0) is 0 Å². The molecular weight excluding hydrogens is 266 g/mol. The smallest absolute Gasteiger partial charge is 0.171 e. The summed E-state index contributed by atoms with van der Waals surface area (Å²) >= 11 is 5.21. The lowest BCUT2D eigenvalue weighted by atomic mass is 9.86. The van der Waals surface area contributed by atoms with E-state index in [9.17, 15) is 8.78 Å². The lowest BCUT2D eigenvalue weighted by Gasteiger charge is -2.30. The van der Waals surface area contributed by atoms with Crippen molar-refractivity contribution < 1.29 is 8.78 Å². The van der Waals surface area contributed by atoms with E-state index in [0.29, 0.717) is 22.8 Å². The molecule has 104 valence electrons. The van der Waals surface area contributed by atoms with E-state index in [-0.39, 0.29) is 0 Å². The molecule has 2 atom stereocenters. The quantitative estimate of drug-likeness (QED) is 0.807. The molecule has 19 heavy (non-hydrogen) atoms. The van der Waals surface area contributed by atoms with Crippen LogP contribution in [0.15, 0.2) is 18.2 Å². The van der Waals surface area contributed by atoms with Gasteiger partial charge in [-0.15, -0.1) is 0 Å². The first-order valence-electron chi connectivity index (χ1n) is 6.59. The molecule has 5 heteroatoms.